The largest absolute Gasteiger partial charge is 0.323 e. The fourth-order valence-corrected chi connectivity index (χ4v) is 1.73. The van der Waals surface area contributed by atoms with Crippen LogP contribution in [0, 0.1) is 5.92 Å². The third-order valence-corrected chi connectivity index (χ3v) is 2.38. The third-order valence-electron chi connectivity index (χ3n) is 1.77. The van der Waals surface area contributed by atoms with Crippen LogP contribution in [0.2, 0.25) is 0 Å². The lowest BCUT2D eigenvalue weighted by Crippen LogP contribution is -2.15. The number of aromatic nitrogens is 2. The van der Waals surface area contributed by atoms with Gasteiger partial charge in [-0.3, -0.25) is 0 Å². The summed E-state index contributed by atoms with van der Waals surface area (Å²) in [5.41, 5.74) is 6.87. The molecule has 1 unspecified atom stereocenters. The summed E-state index contributed by atoms with van der Waals surface area (Å²) >= 11 is 3.38. The Morgan fingerprint density at radius 2 is 2.23 bits per heavy atom. The maximum atomic E-state index is 5.98. The monoisotopic (exact) mass is 243 g/mol. The standard InChI is InChI=1S/C9H14BrN3/c1-6(2)3-8(11)9-7(10)4-12-5-13-9/h4-6,8H,3,11H2,1-2H3. The van der Waals surface area contributed by atoms with Crippen LogP contribution in [0.5, 0.6) is 0 Å². The molecule has 1 aromatic heterocycles. The van der Waals surface area contributed by atoms with Gasteiger partial charge in [0.05, 0.1) is 10.2 Å². The van der Waals surface area contributed by atoms with Crippen molar-refractivity contribution in [2.24, 2.45) is 11.7 Å². The van der Waals surface area contributed by atoms with E-state index >= 15 is 0 Å². The molecule has 1 heterocycles. The molecule has 0 aliphatic rings. The number of nitrogens with two attached hydrogens (primary N) is 1. The van der Waals surface area contributed by atoms with E-state index < -0.39 is 0 Å². The Hall–Kier alpha value is -0.480. The Bertz CT molecular complexity index is 275. The van der Waals surface area contributed by atoms with Gasteiger partial charge in [-0.25, -0.2) is 9.97 Å². The van der Waals surface area contributed by atoms with Gasteiger partial charge >= 0.3 is 0 Å². The molecule has 0 aromatic carbocycles. The fraction of sp³-hybridized carbons (Fsp3) is 0.556. The summed E-state index contributed by atoms with van der Waals surface area (Å²) in [7, 11) is 0. The van der Waals surface area contributed by atoms with Crippen molar-refractivity contribution in [3.63, 3.8) is 0 Å². The average molecular weight is 244 g/mol. The highest BCUT2D eigenvalue weighted by atomic mass is 79.9. The van der Waals surface area contributed by atoms with E-state index in [1.54, 1.807) is 6.20 Å². The molecule has 1 rings (SSSR count). The zero-order valence-electron chi connectivity index (χ0n) is 7.87. The molecule has 0 saturated heterocycles. The van der Waals surface area contributed by atoms with Crippen molar-refractivity contribution in [1.29, 1.82) is 0 Å². The highest BCUT2D eigenvalue weighted by molar-refractivity contribution is 9.10. The van der Waals surface area contributed by atoms with Gasteiger partial charge in [0.25, 0.3) is 0 Å². The molecule has 1 aromatic rings. The molecule has 0 saturated carbocycles. The molecule has 0 aliphatic carbocycles. The van der Waals surface area contributed by atoms with Gasteiger partial charge in [0.1, 0.15) is 6.33 Å². The molecular formula is C9H14BrN3. The van der Waals surface area contributed by atoms with Crippen LogP contribution in [0.15, 0.2) is 17.0 Å². The second kappa shape index (κ2) is 4.67. The van der Waals surface area contributed by atoms with E-state index in [1.807, 2.05) is 0 Å². The van der Waals surface area contributed by atoms with Crippen LogP contribution in [0.3, 0.4) is 0 Å². The fourth-order valence-electron chi connectivity index (χ4n) is 1.21. The lowest BCUT2D eigenvalue weighted by Gasteiger charge is -2.13. The molecule has 0 radical (unpaired) electrons. The van der Waals surface area contributed by atoms with Crippen molar-refractivity contribution in [1.82, 2.24) is 9.97 Å². The Balaban J connectivity index is 2.76. The number of hydrogen-bond acceptors (Lipinski definition) is 3. The maximum absolute atomic E-state index is 5.98. The Labute approximate surface area is 86.9 Å². The summed E-state index contributed by atoms with van der Waals surface area (Å²) in [5.74, 6) is 0.580. The van der Waals surface area contributed by atoms with Crippen LogP contribution in [0.25, 0.3) is 0 Å². The van der Waals surface area contributed by atoms with Crippen LogP contribution in [-0.2, 0) is 0 Å². The zero-order chi connectivity index (χ0) is 9.84. The van der Waals surface area contributed by atoms with Crippen molar-refractivity contribution in [2.75, 3.05) is 0 Å². The highest BCUT2D eigenvalue weighted by Gasteiger charge is 2.12. The zero-order valence-corrected chi connectivity index (χ0v) is 9.45. The molecule has 0 aliphatic heterocycles. The second-order valence-electron chi connectivity index (χ2n) is 3.49. The molecule has 0 fully saturated rings. The van der Waals surface area contributed by atoms with E-state index in [2.05, 4.69) is 39.7 Å². The molecule has 0 spiro atoms. The first-order chi connectivity index (χ1) is 6.11. The van der Waals surface area contributed by atoms with Crippen molar-refractivity contribution < 1.29 is 0 Å². The van der Waals surface area contributed by atoms with Gasteiger partial charge in [-0.1, -0.05) is 13.8 Å². The van der Waals surface area contributed by atoms with Gasteiger partial charge in [0.2, 0.25) is 0 Å². The third kappa shape index (κ3) is 3.04. The summed E-state index contributed by atoms with van der Waals surface area (Å²) < 4.78 is 0.892. The highest BCUT2D eigenvalue weighted by Crippen LogP contribution is 2.22. The van der Waals surface area contributed by atoms with Gasteiger partial charge in [-0.05, 0) is 28.3 Å². The van der Waals surface area contributed by atoms with Crippen molar-refractivity contribution >= 4 is 15.9 Å². The molecule has 0 bridgehead atoms. The van der Waals surface area contributed by atoms with E-state index in [0.717, 1.165) is 16.6 Å². The van der Waals surface area contributed by atoms with Crippen molar-refractivity contribution in [2.45, 2.75) is 26.3 Å². The summed E-state index contributed by atoms with van der Waals surface area (Å²) in [5, 5.41) is 0. The van der Waals surface area contributed by atoms with Crippen LogP contribution in [-0.4, -0.2) is 9.97 Å². The van der Waals surface area contributed by atoms with Gasteiger partial charge in [-0.2, -0.15) is 0 Å². The Morgan fingerprint density at radius 3 is 2.77 bits per heavy atom. The molecule has 4 heteroatoms. The molecular weight excluding hydrogens is 230 g/mol. The number of hydrogen-bond donors (Lipinski definition) is 1. The SMILES string of the molecule is CC(C)CC(N)c1ncncc1Br. The molecule has 0 amide bonds. The summed E-state index contributed by atoms with van der Waals surface area (Å²) in [4.78, 5) is 8.04. The summed E-state index contributed by atoms with van der Waals surface area (Å²) in [6.07, 6.45) is 4.19. The first-order valence-corrected chi connectivity index (χ1v) is 5.11. The first kappa shape index (κ1) is 10.6. The summed E-state index contributed by atoms with van der Waals surface area (Å²) in [6.45, 7) is 4.30. The minimum Gasteiger partial charge on any atom is -0.323 e. The van der Waals surface area contributed by atoms with Crippen LogP contribution in [0.4, 0.5) is 0 Å². The molecule has 72 valence electrons. The van der Waals surface area contributed by atoms with Crippen molar-refractivity contribution in [3.05, 3.63) is 22.7 Å². The topological polar surface area (TPSA) is 51.8 Å². The van der Waals surface area contributed by atoms with Crippen LogP contribution < -0.4 is 5.73 Å². The van der Waals surface area contributed by atoms with Gasteiger partial charge in [0, 0.05) is 12.2 Å². The van der Waals surface area contributed by atoms with Gasteiger partial charge in [-0.15, -0.1) is 0 Å². The van der Waals surface area contributed by atoms with E-state index in [4.69, 9.17) is 5.73 Å². The predicted molar refractivity (Wildman–Crippen MR) is 56.1 cm³/mol. The molecule has 13 heavy (non-hydrogen) atoms. The molecule has 2 N–H and O–H groups in total. The van der Waals surface area contributed by atoms with Crippen LogP contribution >= 0.6 is 15.9 Å². The van der Waals surface area contributed by atoms with E-state index in [9.17, 15) is 0 Å². The maximum Gasteiger partial charge on any atom is 0.115 e. The van der Waals surface area contributed by atoms with Crippen LogP contribution in [0.1, 0.15) is 32.0 Å². The first-order valence-electron chi connectivity index (χ1n) is 4.32. The average Bonchev–Trinajstić information content (AvgIpc) is 2.03. The summed E-state index contributed by atoms with van der Waals surface area (Å²) in [6, 6.07) is -0.00243. The molecule has 3 nitrogen and oxygen atoms in total. The lowest BCUT2D eigenvalue weighted by molar-refractivity contribution is 0.500. The molecule has 1 atom stereocenters. The smallest absolute Gasteiger partial charge is 0.115 e. The predicted octanol–water partition coefficient (Wildman–Crippen LogP) is 2.29. The van der Waals surface area contributed by atoms with Gasteiger partial charge in [0.15, 0.2) is 0 Å². The number of nitrogens with zero attached hydrogens (tertiary/aromatic N) is 2. The Morgan fingerprint density at radius 1 is 1.54 bits per heavy atom. The van der Waals surface area contributed by atoms with Crippen molar-refractivity contribution in [3.8, 4) is 0 Å². The minimum atomic E-state index is -0.00243. The lowest BCUT2D eigenvalue weighted by atomic mass is 10.0. The minimum absolute atomic E-state index is 0.00243. The van der Waals surface area contributed by atoms with E-state index in [1.165, 1.54) is 6.33 Å². The Kier molecular flexibility index (Phi) is 3.81. The quantitative estimate of drug-likeness (QED) is 0.887. The van der Waals surface area contributed by atoms with E-state index in [0.29, 0.717) is 5.92 Å². The second-order valence-corrected chi connectivity index (χ2v) is 4.35. The van der Waals surface area contributed by atoms with E-state index in [-0.39, 0.29) is 6.04 Å². The number of rotatable bonds is 3. The number of halogens is 1. The normalized spacial score (nSPS) is 13.3. The van der Waals surface area contributed by atoms with Gasteiger partial charge < -0.3 is 5.73 Å².